The fourth-order valence-electron chi connectivity index (χ4n) is 3.03. The van der Waals surface area contributed by atoms with Crippen molar-refractivity contribution in [3.63, 3.8) is 0 Å². The van der Waals surface area contributed by atoms with Crippen molar-refractivity contribution < 1.29 is 18.3 Å². The summed E-state index contributed by atoms with van der Waals surface area (Å²) in [5.41, 5.74) is 1.12. The molecule has 1 heterocycles. The number of aromatic hydroxyl groups is 1. The van der Waals surface area contributed by atoms with Gasteiger partial charge in [0, 0.05) is 24.9 Å². The first kappa shape index (κ1) is 19.4. The Balaban J connectivity index is 1.76. The van der Waals surface area contributed by atoms with Crippen LogP contribution >= 0.6 is 0 Å². The third kappa shape index (κ3) is 4.31. The number of rotatable bonds is 5. The molecule has 144 valence electrons. The van der Waals surface area contributed by atoms with E-state index < -0.39 is 10.0 Å². The molecule has 0 aromatic heterocycles. The van der Waals surface area contributed by atoms with Gasteiger partial charge in [0.2, 0.25) is 10.0 Å². The minimum atomic E-state index is -3.46. The average Bonchev–Trinajstić information content (AvgIpc) is 2.68. The van der Waals surface area contributed by atoms with Crippen LogP contribution < -0.4 is 4.74 Å². The van der Waals surface area contributed by atoms with E-state index in [-0.39, 0.29) is 10.6 Å². The molecule has 27 heavy (non-hydrogen) atoms. The van der Waals surface area contributed by atoms with E-state index in [0.29, 0.717) is 36.0 Å². The van der Waals surface area contributed by atoms with Gasteiger partial charge in [0.1, 0.15) is 0 Å². The third-order valence-corrected chi connectivity index (χ3v) is 6.73. The molecule has 0 bridgehead atoms. The van der Waals surface area contributed by atoms with Crippen molar-refractivity contribution in [2.45, 2.75) is 24.7 Å². The van der Waals surface area contributed by atoms with E-state index in [1.54, 1.807) is 46.8 Å². The van der Waals surface area contributed by atoms with Gasteiger partial charge in [-0.05, 0) is 55.2 Å². The highest BCUT2D eigenvalue weighted by Gasteiger charge is 2.27. The molecule has 1 aliphatic heterocycles. The van der Waals surface area contributed by atoms with Crippen LogP contribution in [-0.4, -0.2) is 44.2 Å². The van der Waals surface area contributed by atoms with Crippen LogP contribution in [0.2, 0.25) is 0 Å². The molecular weight excluding hydrogens is 364 g/mol. The number of ether oxygens (including phenoxy) is 1. The first-order valence-electron chi connectivity index (χ1n) is 8.92. The monoisotopic (exact) mass is 388 g/mol. The minimum absolute atomic E-state index is 0.0160. The molecule has 0 unspecified atom stereocenters. The standard InChI is InChI=1S/C20H24N2O4S/c1-15-10-12-22(13-11-15)27(24,25)18-8-6-17(7-9-18)21-14-16-4-3-5-19(26-2)20(16)23/h3-9,14-15,23H,10-13H2,1-2H3. The Morgan fingerprint density at radius 2 is 1.81 bits per heavy atom. The van der Waals surface area contributed by atoms with Gasteiger partial charge in [-0.3, -0.25) is 4.99 Å². The zero-order valence-electron chi connectivity index (χ0n) is 15.5. The number of hydrogen-bond donors (Lipinski definition) is 1. The van der Waals surface area contributed by atoms with Crippen LogP contribution in [-0.2, 0) is 10.0 Å². The maximum absolute atomic E-state index is 12.7. The molecule has 1 aliphatic rings. The number of aliphatic imine (C=N–C) groups is 1. The zero-order valence-corrected chi connectivity index (χ0v) is 16.3. The van der Waals surface area contributed by atoms with E-state index in [1.165, 1.54) is 13.3 Å². The summed E-state index contributed by atoms with van der Waals surface area (Å²) in [5, 5.41) is 10.1. The minimum Gasteiger partial charge on any atom is -0.504 e. The lowest BCUT2D eigenvalue weighted by atomic mass is 10.0. The van der Waals surface area contributed by atoms with E-state index in [9.17, 15) is 13.5 Å². The van der Waals surface area contributed by atoms with Crippen LogP contribution in [0.5, 0.6) is 11.5 Å². The second-order valence-corrected chi connectivity index (χ2v) is 8.67. The highest BCUT2D eigenvalue weighted by molar-refractivity contribution is 7.89. The van der Waals surface area contributed by atoms with E-state index in [0.717, 1.165) is 12.8 Å². The molecule has 7 heteroatoms. The average molecular weight is 388 g/mol. The van der Waals surface area contributed by atoms with Gasteiger partial charge in [-0.2, -0.15) is 4.31 Å². The van der Waals surface area contributed by atoms with Gasteiger partial charge in [-0.1, -0.05) is 13.0 Å². The van der Waals surface area contributed by atoms with Crippen molar-refractivity contribution in [1.29, 1.82) is 0 Å². The predicted octanol–water partition coefficient (Wildman–Crippen LogP) is 3.57. The Kier molecular flexibility index (Phi) is 5.82. The molecule has 0 atom stereocenters. The molecule has 3 rings (SSSR count). The van der Waals surface area contributed by atoms with Gasteiger partial charge in [0.15, 0.2) is 11.5 Å². The number of hydrogen-bond acceptors (Lipinski definition) is 5. The summed E-state index contributed by atoms with van der Waals surface area (Å²) in [6, 6.07) is 11.6. The van der Waals surface area contributed by atoms with Gasteiger partial charge in [0.25, 0.3) is 0 Å². The van der Waals surface area contributed by atoms with Crippen molar-refractivity contribution in [3.05, 3.63) is 48.0 Å². The Bertz CT molecular complexity index is 915. The molecule has 0 spiro atoms. The highest BCUT2D eigenvalue weighted by Crippen LogP contribution is 2.29. The maximum Gasteiger partial charge on any atom is 0.243 e. The van der Waals surface area contributed by atoms with E-state index in [4.69, 9.17) is 4.74 Å². The van der Waals surface area contributed by atoms with Crippen LogP contribution in [0.4, 0.5) is 5.69 Å². The number of phenolic OH excluding ortho intramolecular Hbond substituents is 1. The fourth-order valence-corrected chi connectivity index (χ4v) is 4.50. The Hall–Kier alpha value is -2.38. The fraction of sp³-hybridized carbons (Fsp3) is 0.350. The molecular formula is C20H24N2O4S. The van der Waals surface area contributed by atoms with Gasteiger partial charge >= 0.3 is 0 Å². The zero-order chi connectivity index (χ0) is 19.4. The lowest BCUT2D eigenvalue weighted by Crippen LogP contribution is -2.37. The molecule has 2 aromatic rings. The van der Waals surface area contributed by atoms with Crippen LogP contribution in [0.25, 0.3) is 0 Å². The first-order chi connectivity index (χ1) is 12.9. The number of phenols is 1. The molecule has 1 N–H and O–H groups in total. The van der Waals surface area contributed by atoms with Gasteiger partial charge < -0.3 is 9.84 Å². The number of methoxy groups -OCH3 is 1. The Morgan fingerprint density at radius 1 is 1.15 bits per heavy atom. The molecule has 0 amide bonds. The van der Waals surface area contributed by atoms with E-state index in [1.807, 2.05) is 0 Å². The topological polar surface area (TPSA) is 79.2 Å². The van der Waals surface area contributed by atoms with Crippen molar-refractivity contribution in [3.8, 4) is 11.5 Å². The van der Waals surface area contributed by atoms with Crippen molar-refractivity contribution in [1.82, 2.24) is 4.31 Å². The third-order valence-electron chi connectivity index (χ3n) is 4.82. The normalized spacial score (nSPS) is 16.7. The molecule has 2 aromatic carbocycles. The van der Waals surface area contributed by atoms with Crippen molar-refractivity contribution in [2.24, 2.45) is 10.9 Å². The first-order valence-corrected chi connectivity index (χ1v) is 10.4. The molecule has 6 nitrogen and oxygen atoms in total. The Labute approximate surface area is 160 Å². The summed E-state index contributed by atoms with van der Waals surface area (Å²) in [4.78, 5) is 4.59. The maximum atomic E-state index is 12.7. The molecule has 0 saturated carbocycles. The van der Waals surface area contributed by atoms with E-state index in [2.05, 4.69) is 11.9 Å². The van der Waals surface area contributed by atoms with Crippen molar-refractivity contribution >= 4 is 21.9 Å². The number of piperidine rings is 1. The largest absolute Gasteiger partial charge is 0.504 e. The second-order valence-electron chi connectivity index (χ2n) is 6.74. The van der Waals surface area contributed by atoms with Crippen LogP contribution in [0.3, 0.4) is 0 Å². The van der Waals surface area contributed by atoms with Gasteiger partial charge in [-0.15, -0.1) is 0 Å². The highest BCUT2D eigenvalue weighted by atomic mass is 32.2. The number of benzene rings is 2. The molecule has 0 aliphatic carbocycles. The van der Waals surface area contributed by atoms with Crippen LogP contribution in [0, 0.1) is 5.92 Å². The van der Waals surface area contributed by atoms with E-state index >= 15 is 0 Å². The second kappa shape index (κ2) is 8.10. The smallest absolute Gasteiger partial charge is 0.243 e. The predicted molar refractivity (Wildman–Crippen MR) is 106 cm³/mol. The van der Waals surface area contributed by atoms with Crippen LogP contribution in [0.1, 0.15) is 25.3 Å². The van der Waals surface area contributed by atoms with Crippen LogP contribution in [0.15, 0.2) is 52.4 Å². The number of sulfonamides is 1. The number of nitrogens with zero attached hydrogens (tertiary/aromatic N) is 2. The van der Waals surface area contributed by atoms with Gasteiger partial charge in [-0.25, -0.2) is 8.42 Å². The quantitative estimate of drug-likeness (QED) is 0.794. The summed E-state index contributed by atoms with van der Waals surface area (Å²) in [6.45, 7) is 3.29. The summed E-state index contributed by atoms with van der Waals surface area (Å²) >= 11 is 0. The molecule has 1 saturated heterocycles. The lowest BCUT2D eigenvalue weighted by molar-refractivity contribution is 0.288. The van der Waals surface area contributed by atoms with Crippen molar-refractivity contribution in [2.75, 3.05) is 20.2 Å². The summed E-state index contributed by atoms with van der Waals surface area (Å²) in [6.07, 6.45) is 3.31. The van der Waals surface area contributed by atoms with Gasteiger partial charge in [0.05, 0.1) is 17.7 Å². The molecule has 0 radical (unpaired) electrons. The summed E-state index contributed by atoms with van der Waals surface area (Å²) in [7, 11) is -1.98. The SMILES string of the molecule is COc1cccc(C=Nc2ccc(S(=O)(=O)N3CCC(C)CC3)cc2)c1O. The number of para-hydroxylation sites is 1. The summed E-state index contributed by atoms with van der Waals surface area (Å²) < 4.78 is 32.1. The Morgan fingerprint density at radius 3 is 2.44 bits per heavy atom. The molecule has 1 fully saturated rings. The lowest BCUT2D eigenvalue weighted by Gasteiger charge is -2.29. The summed E-state index contributed by atoms with van der Waals surface area (Å²) in [5.74, 6) is 0.958.